The van der Waals surface area contributed by atoms with E-state index in [1.807, 2.05) is 6.08 Å². The third-order valence-corrected chi connectivity index (χ3v) is 4.20. The minimum absolute atomic E-state index is 0.0262. The molecule has 1 aromatic rings. The maximum atomic E-state index is 11.9. The van der Waals surface area contributed by atoms with E-state index in [1.165, 1.54) is 0 Å². The lowest BCUT2D eigenvalue weighted by Gasteiger charge is -2.23. The highest BCUT2D eigenvalue weighted by atomic mass is 32.2. The molecule has 3 rings (SSSR count). The molecule has 1 aliphatic carbocycles. The summed E-state index contributed by atoms with van der Waals surface area (Å²) >= 11 is 1.62. The Morgan fingerprint density at radius 1 is 1.53 bits per heavy atom. The largest absolute Gasteiger partial charge is 0.328 e. The molecule has 0 radical (unpaired) electrons. The van der Waals surface area contributed by atoms with Crippen molar-refractivity contribution in [1.29, 1.82) is 0 Å². The van der Waals surface area contributed by atoms with Crippen LogP contribution in [0.3, 0.4) is 0 Å². The Hall–Kier alpha value is -1.62. The zero-order chi connectivity index (χ0) is 11.8. The van der Waals surface area contributed by atoms with Gasteiger partial charge in [0.2, 0.25) is 5.91 Å². The zero-order valence-corrected chi connectivity index (χ0v) is 9.96. The first kappa shape index (κ1) is 10.5. The van der Waals surface area contributed by atoms with Gasteiger partial charge in [-0.3, -0.25) is 4.79 Å². The van der Waals surface area contributed by atoms with Crippen LogP contribution in [0.5, 0.6) is 0 Å². The maximum absolute atomic E-state index is 11.9. The normalized spacial score (nSPS) is 23.1. The van der Waals surface area contributed by atoms with Gasteiger partial charge in [0.25, 0.3) is 0 Å². The lowest BCUT2D eigenvalue weighted by atomic mass is 10.1. The van der Waals surface area contributed by atoms with E-state index in [4.69, 9.17) is 0 Å². The van der Waals surface area contributed by atoms with Crippen molar-refractivity contribution in [3.63, 3.8) is 0 Å². The van der Waals surface area contributed by atoms with E-state index in [0.29, 0.717) is 0 Å². The van der Waals surface area contributed by atoms with Gasteiger partial charge >= 0.3 is 0 Å². The van der Waals surface area contributed by atoms with Gasteiger partial charge in [-0.05, 0) is 5.57 Å². The van der Waals surface area contributed by atoms with Gasteiger partial charge in [0.05, 0.1) is 5.69 Å². The van der Waals surface area contributed by atoms with Gasteiger partial charge in [-0.25, -0.2) is 9.97 Å². The number of fused-ring (bicyclic) bond motifs is 1. The van der Waals surface area contributed by atoms with Crippen LogP contribution in [0.4, 0.5) is 0 Å². The summed E-state index contributed by atoms with van der Waals surface area (Å²) in [4.78, 5) is 20.1. The summed E-state index contributed by atoms with van der Waals surface area (Å²) in [5.74, 6) is 0.800. The zero-order valence-electron chi connectivity index (χ0n) is 9.14. The van der Waals surface area contributed by atoms with E-state index >= 15 is 0 Å². The quantitative estimate of drug-likeness (QED) is 0.806. The summed E-state index contributed by atoms with van der Waals surface area (Å²) in [6, 6.07) is 0. The van der Waals surface area contributed by atoms with Crippen LogP contribution in [0.25, 0.3) is 6.08 Å². The van der Waals surface area contributed by atoms with Crippen LogP contribution < -0.4 is 5.32 Å². The summed E-state index contributed by atoms with van der Waals surface area (Å²) < 4.78 is 0. The number of thioether (sulfide) groups is 1. The second-order valence-electron chi connectivity index (χ2n) is 4.10. The topological polar surface area (TPSA) is 54.9 Å². The number of nitrogens with zero attached hydrogens (tertiary/aromatic N) is 2. The van der Waals surface area contributed by atoms with Crippen molar-refractivity contribution in [3.05, 3.63) is 41.6 Å². The summed E-state index contributed by atoms with van der Waals surface area (Å²) in [7, 11) is 0. The second kappa shape index (κ2) is 4.00. The smallest absolute Gasteiger partial charge is 0.241 e. The molecule has 1 unspecified atom stereocenters. The van der Waals surface area contributed by atoms with E-state index in [0.717, 1.165) is 34.7 Å². The van der Waals surface area contributed by atoms with Crippen molar-refractivity contribution in [2.75, 3.05) is 5.75 Å². The molecule has 4 nitrogen and oxygen atoms in total. The predicted molar refractivity (Wildman–Crippen MR) is 67.2 cm³/mol. The van der Waals surface area contributed by atoms with Crippen molar-refractivity contribution in [1.82, 2.24) is 15.3 Å². The molecule has 86 valence electrons. The van der Waals surface area contributed by atoms with Gasteiger partial charge in [-0.1, -0.05) is 12.7 Å². The third-order valence-electron chi connectivity index (χ3n) is 2.84. The molecule has 1 saturated heterocycles. The Labute approximate surface area is 103 Å². The van der Waals surface area contributed by atoms with Gasteiger partial charge in [0.15, 0.2) is 0 Å². The van der Waals surface area contributed by atoms with Gasteiger partial charge in [-0.2, -0.15) is 0 Å². The second-order valence-corrected chi connectivity index (χ2v) is 5.20. The molecule has 17 heavy (non-hydrogen) atoms. The average molecular weight is 245 g/mol. The van der Waals surface area contributed by atoms with E-state index in [9.17, 15) is 4.79 Å². The Kier molecular flexibility index (Phi) is 2.48. The molecule has 2 heterocycles. The molecule has 2 aliphatic rings. The van der Waals surface area contributed by atoms with Crippen LogP contribution in [-0.4, -0.2) is 26.9 Å². The Morgan fingerprint density at radius 2 is 2.41 bits per heavy atom. The molecule has 0 aromatic carbocycles. The highest BCUT2D eigenvalue weighted by molar-refractivity contribution is 8.01. The van der Waals surface area contributed by atoms with Crippen molar-refractivity contribution in [3.8, 4) is 0 Å². The van der Waals surface area contributed by atoms with Crippen LogP contribution in [0, 0.1) is 0 Å². The van der Waals surface area contributed by atoms with Crippen LogP contribution in [-0.2, 0) is 11.2 Å². The molecular weight excluding hydrogens is 234 g/mol. The first-order valence-electron chi connectivity index (χ1n) is 5.33. The number of carbonyl (C=O) groups is 1. The number of nitrogens with one attached hydrogen (secondary N) is 1. The van der Waals surface area contributed by atoms with Crippen molar-refractivity contribution in [2.24, 2.45) is 0 Å². The molecular formula is C12H11N3OS. The number of amides is 1. The minimum atomic E-state index is -0.116. The van der Waals surface area contributed by atoms with Crippen LogP contribution in [0.15, 0.2) is 30.4 Å². The highest BCUT2D eigenvalue weighted by Gasteiger charge is 2.30. The van der Waals surface area contributed by atoms with Crippen molar-refractivity contribution >= 4 is 23.7 Å². The van der Waals surface area contributed by atoms with Crippen LogP contribution in [0.2, 0.25) is 0 Å². The molecule has 1 fully saturated rings. The molecule has 1 amide bonds. The van der Waals surface area contributed by atoms with Gasteiger partial charge in [0, 0.05) is 29.6 Å². The summed E-state index contributed by atoms with van der Waals surface area (Å²) in [5, 5.41) is 2.69. The van der Waals surface area contributed by atoms with Gasteiger partial charge in [0.1, 0.15) is 11.6 Å². The predicted octanol–water partition coefficient (Wildman–Crippen LogP) is 1.16. The average Bonchev–Trinajstić information content (AvgIpc) is 2.72. The van der Waals surface area contributed by atoms with E-state index in [-0.39, 0.29) is 11.2 Å². The SMILES string of the molecule is C=C1CSC(C2=Cc3cncnc3C2)C(=O)N1. The third kappa shape index (κ3) is 1.86. The molecule has 0 bridgehead atoms. The fourth-order valence-corrected chi connectivity index (χ4v) is 3.07. The van der Waals surface area contributed by atoms with Crippen molar-refractivity contribution < 1.29 is 4.79 Å². The van der Waals surface area contributed by atoms with Gasteiger partial charge < -0.3 is 5.32 Å². The Morgan fingerprint density at radius 3 is 3.18 bits per heavy atom. The lowest BCUT2D eigenvalue weighted by molar-refractivity contribution is -0.119. The van der Waals surface area contributed by atoms with E-state index in [1.54, 1.807) is 24.3 Å². The molecule has 0 saturated carbocycles. The summed E-state index contributed by atoms with van der Waals surface area (Å²) in [6.45, 7) is 3.77. The Bertz CT molecular complexity index is 538. The Balaban J connectivity index is 1.84. The maximum Gasteiger partial charge on any atom is 0.241 e. The molecule has 1 aromatic heterocycles. The molecule has 5 heteroatoms. The number of rotatable bonds is 1. The van der Waals surface area contributed by atoms with Crippen LogP contribution in [0.1, 0.15) is 11.3 Å². The summed E-state index contributed by atoms with van der Waals surface area (Å²) in [5.41, 5.74) is 3.93. The fourth-order valence-electron chi connectivity index (χ4n) is 2.06. The molecule has 1 N–H and O–H groups in total. The standard InChI is InChI=1S/C12H11N3OS/c1-7-5-17-11(12(16)15-7)8-2-9-4-13-6-14-10(9)3-8/h2,4,6,11H,1,3,5H2,(H,15,16). The van der Waals surface area contributed by atoms with Crippen molar-refractivity contribution in [2.45, 2.75) is 11.7 Å². The van der Waals surface area contributed by atoms with E-state index < -0.39 is 0 Å². The van der Waals surface area contributed by atoms with Gasteiger partial charge in [-0.15, -0.1) is 11.8 Å². The lowest BCUT2D eigenvalue weighted by Crippen LogP contribution is -2.38. The van der Waals surface area contributed by atoms with E-state index in [2.05, 4.69) is 21.9 Å². The highest BCUT2D eigenvalue weighted by Crippen LogP contribution is 2.32. The summed E-state index contributed by atoms with van der Waals surface area (Å²) in [6.07, 6.45) is 6.11. The number of carbonyl (C=O) groups excluding carboxylic acids is 1. The number of aromatic nitrogens is 2. The monoisotopic (exact) mass is 245 g/mol. The molecule has 1 aliphatic heterocycles. The first-order valence-corrected chi connectivity index (χ1v) is 6.38. The molecule has 1 atom stereocenters. The van der Waals surface area contributed by atoms with Crippen LogP contribution >= 0.6 is 11.8 Å². The number of hydrogen-bond acceptors (Lipinski definition) is 4. The number of hydrogen-bond donors (Lipinski definition) is 1. The fraction of sp³-hybridized carbons (Fsp3) is 0.250. The first-order chi connectivity index (χ1) is 8.24. The minimum Gasteiger partial charge on any atom is -0.328 e. The molecule has 0 spiro atoms.